The average molecular weight is 561 g/mol. The molecule has 176 valence electrons. The van der Waals surface area contributed by atoms with Crippen molar-refractivity contribution >= 4 is 40.7 Å². The van der Waals surface area contributed by atoms with Gasteiger partial charge in [-0.15, -0.1) is 24.0 Å². The molecule has 3 aromatic rings. The molecule has 1 aromatic heterocycles. The molecule has 1 unspecified atom stereocenters. The van der Waals surface area contributed by atoms with Gasteiger partial charge in [0.25, 0.3) is 0 Å². The molecular weight excluding hydrogens is 529 g/mol. The van der Waals surface area contributed by atoms with Crippen LogP contribution < -0.4 is 15.4 Å². The van der Waals surface area contributed by atoms with E-state index in [9.17, 15) is 0 Å². The maximum atomic E-state index is 5.57. The lowest BCUT2D eigenvalue weighted by atomic mass is 10.0. The second kappa shape index (κ2) is 12.7. The molecule has 0 saturated carbocycles. The van der Waals surface area contributed by atoms with Gasteiger partial charge in [0.2, 0.25) is 0 Å². The van der Waals surface area contributed by atoms with E-state index in [0.717, 1.165) is 55.6 Å². The summed E-state index contributed by atoms with van der Waals surface area (Å²) in [5.74, 6) is 1.62. The van der Waals surface area contributed by atoms with Gasteiger partial charge in [-0.25, -0.2) is 0 Å². The normalized spacial score (nSPS) is 15.5. The summed E-state index contributed by atoms with van der Waals surface area (Å²) in [6.45, 7) is 4.66. The van der Waals surface area contributed by atoms with Crippen LogP contribution in [0.1, 0.15) is 17.3 Å². The molecule has 2 aromatic carbocycles. The first-order valence-electron chi connectivity index (χ1n) is 11.0. The molecule has 1 fully saturated rings. The molecule has 33 heavy (non-hydrogen) atoms. The molecule has 0 radical (unpaired) electrons. The number of aliphatic imine (C=N–C) groups is 1. The first kappa shape index (κ1) is 25.2. The molecular formula is C25H32IN5O2. The third-order valence-corrected chi connectivity index (χ3v) is 5.85. The smallest absolute Gasteiger partial charge is 0.191 e. The van der Waals surface area contributed by atoms with Gasteiger partial charge < -0.3 is 20.1 Å². The second-order valence-electron chi connectivity index (χ2n) is 7.72. The topological polar surface area (TPSA) is 71.0 Å². The summed E-state index contributed by atoms with van der Waals surface area (Å²) < 4.78 is 10.9. The van der Waals surface area contributed by atoms with Gasteiger partial charge in [0.05, 0.1) is 38.6 Å². The summed E-state index contributed by atoms with van der Waals surface area (Å²) in [5.41, 5.74) is 2.25. The maximum Gasteiger partial charge on any atom is 0.191 e. The quantitative estimate of drug-likeness (QED) is 0.261. The maximum absolute atomic E-state index is 5.57. The van der Waals surface area contributed by atoms with Gasteiger partial charge >= 0.3 is 0 Å². The number of hydrogen-bond donors (Lipinski definition) is 2. The van der Waals surface area contributed by atoms with E-state index in [-0.39, 0.29) is 30.0 Å². The van der Waals surface area contributed by atoms with Gasteiger partial charge in [-0.1, -0.05) is 36.4 Å². The monoisotopic (exact) mass is 561 g/mol. The van der Waals surface area contributed by atoms with Crippen molar-refractivity contribution in [3.8, 4) is 5.75 Å². The average Bonchev–Trinajstić information content (AvgIpc) is 2.87. The minimum absolute atomic E-state index is 0. The van der Waals surface area contributed by atoms with Crippen LogP contribution in [0.25, 0.3) is 10.8 Å². The van der Waals surface area contributed by atoms with E-state index in [1.165, 1.54) is 10.9 Å². The van der Waals surface area contributed by atoms with E-state index in [1.54, 1.807) is 14.2 Å². The molecule has 0 bridgehead atoms. The molecule has 7 nitrogen and oxygen atoms in total. The summed E-state index contributed by atoms with van der Waals surface area (Å²) in [5, 5.41) is 9.27. The summed E-state index contributed by atoms with van der Waals surface area (Å²) in [6.07, 6.45) is 1.85. The van der Waals surface area contributed by atoms with E-state index in [0.29, 0.717) is 6.54 Å². The zero-order valence-electron chi connectivity index (χ0n) is 19.2. The van der Waals surface area contributed by atoms with Crippen molar-refractivity contribution in [3.63, 3.8) is 0 Å². The molecule has 1 aliphatic heterocycles. The van der Waals surface area contributed by atoms with Crippen molar-refractivity contribution in [2.24, 2.45) is 4.99 Å². The Labute approximate surface area is 212 Å². The minimum Gasteiger partial charge on any atom is -0.497 e. The summed E-state index contributed by atoms with van der Waals surface area (Å²) in [7, 11) is 3.49. The molecule has 4 rings (SSSR count). The minimum atomic E-state index is 0. The summed E-state index contributed by atoms with van der Waals surface area (Å²) >= 11 is 0. The molecule has 1 atom stereocenters. The van der Waals surface area contributed by atoms with Crippen LogP contribution in [0, 0.1) is 0 Å². The number of ether oxygens (including phenoxy) is 2. The van der Waals surface area contributed by atoms with Crippen LogP contribution in [0.2, 0.25) is 0 Å². The van der Waals surface area contributed by atoms with Crippen LogP contribution in [0.4, 0.5) is 0 Å². The fourth-order valence-electron chi connectivity index (χ4n) is 4.08. The number of halogens is 1. The number of methoxy groups -OCH3 is 1. The first-order valence-corrected chi connectivity index (χ1v) is 11.0. The van der Waals surface area contributed by atoms with Crippen molar-refractivity contribution in [3.05, 3.63) is 72.1 Å². The Morgan fingerprint density at radius 3 is 2.58 bits per heavy atom. The van der Waals surface area contributed by atoms with Gasteiger partial charge in [-0.3, -0.25) is 14.9 Å². The van der Waals surface area contributed by atoms with Crippen LogP contribution in [-0.4, -0.2) is 62.8 Å². The number of guanidine groups is 1. The van der Waals surface area contributed by atoms with Crippen LogP contribution in [0.5, 0.6) is 5.75 Å². The Hall–Kier alpha value is -2.43. The van der Waals surface area contributed by atoms with Crippen LogP contribution in [0.15, 0.2) is 65.8 Å². The number of nitrogens with zero attached hydrogens (tertiary/aromatic N) is 3. The molecule has 2 heterocycles. The molecule has 1 aliphatic rings. The lowest BCUT2D eigenvalue weighted by molar-refractivity contribution is 0.0170. The van der Waals surface area contributed by atoms with E-state index >= 15 is 0 Å². The Balaban J connectivity index is 0.00000306. The van der Waals surface area contributed by atoms with Crippen LogP contribution in [0.3, 0.4) is 0 Å². The van der Waals surface area contributed by atoms with Crippen molar-refractivity contribution in [2.45, 2.75) is 12.6 Å². The number of aromatic nitrogens is 1. The number of rotatable bonds is 7. The molecule has 0 spiro atoms. The van der Waals surface area contributed by atoms with Crippen molar-refractivity contribution in [1.29, 1.82) is 0 Å². The van der Waals surface area contributed by atoms with Gasteiger partial charge in [-0.05, 0) is 29.1 Å². The predicted octanol–water partition coefficient (Wildman–Crippen LogP) is 3.60. The zero-order valence-corrected chi connectivity index (χ0v) is 21.5. The van der Waals surface area contributed by atoms with E-state index in [2.05, 4.69) is 49.8 Å². The highest BCUT2D eigenvalue weighted by Gasteiger charge is 2.23. The third-order valence-electron chi connectivity index (χ3n) is 5.85. The van der Waals surface area contributed by atoms with Crippen molar-refractivity contribution in [2.75, 3.05) is 47.0 Å². The summed E-state index contributed by atoms with van der Waals surface area (Å²) in [4.78, 5) is 11.4. The first-order chi connectivity index (χ1) is 15.8. The largest absolute Gasteiger partial charge is 0.497 e. The Kier molecular flexibility index (Phi) is 9.71. The van der Waals surface area contributed by atoms with Gasteiger partial charge in [0.1, 0.15) is 5.75 Å². The predicted molar refractivity (Wildman–Crippen MR) is 143 cm³/mol. The molecule has 2 N–H and O–H groups in total. The molecule has 8 heteroatoms. The molecule has 0 amide bonds. The number of morpholine rings is 1. The zero-order chi connectivity index (χ0) is 22.2. The number of hydrogen-bond acceptors (Lipinski definition) is 5. The fraction of sp³-hybridized carbons (Fsp3) is 0.360. The van der Waals surface area contributed by atoms with Crippen molar-refractivity contribution < 1.29 is 9.47 Å². The number of fused-ring (bicyclic) bond motifs is 1. The lowest BCUT2D eigenvalue weighted by Crippen LogP contribution is -2.46. The highest BCUT2D eigenvalue weighted by Crippen LogP contribution is 2.23. The lowest BCUT2D eigenvalue weighted by Gasteiger charge is -2.35. The van der Waals surface area contributed by atoms with Crippen molar-refractivity contribution in [1.82, 2.24) is 20.5 Å². The Morgan fingerprint density at radius 1 is 1.09 bits per heavy atom. The highest BCUT2D eigenvalue weighted by atomic mass is 127. The van der Waals surface area contributed by atoms with E-state index in [4.69, 9.17) is 9.47 Å². The van der Waals surface area contributed by atoms with Gasteiger partial charge in [0, 0.05) is 38.3 Å². The highest BCUT2D eigenvalue weighted by molar-refractivity contribution is 14.0. The Bertz CT molecular complexity index is 1030. The van der Waals surface area contributed by atoms with Crippen LogP contribution >= 0.6 is 24.0 Å². The number of pyridine rings is 1. The van der Waals surface area contributed by atoms with Gasteiger partial charge in [0.15, 0.2) is 5.96 Å². The SMILES string of the molecule is CN=C(NCc1nccc2ccccc12)NCC(c1ccc(OC)cc1)N1CCOCC1.I. The van der Waals surface area contributed by atoms with E-state index in [1.807, 2.05) is 36.5 Å². The standard InChI is InChI=1S/C25H31N5O2.HI/c1-26-25(28-17-23-22-6-4-3-5-19(22)11-12-27-23)29-18-24(30-13-15-32-16-14-30)20-7-9-21(31-2)10-8-20;/h3-12,24H,13-18H2,1-2H3,(H2,26,28,29);1H. The third kappa shape index (κ3) is 6.55. The summed E-state index contributed by atoms with van der Waals surface area (Å²) in [6, 6.07) is 18.8. The van der Waals surface area contributed by atoms with Crippen LogP contribution in [-0.2, 0) is 11.3 Å². The number of benzene rings is 2. The van der Waals surface area contributed by atoms with E-state index < -0.39 is 0 Å². The number of nitrogens with one attached hydrogen (secondary N) is 2. The fourth-order valence-corrected chi connectivity index (χ4v) is 4.08. The molecule has 0 aliphatic carbocycles. The Morgan fingerprint density at radius 2 is 1.85 bits per heavy atom. The second-order valence-corrected chi connectivity index (χ2v) is 7.72. The molecule has 1 saturated heterocycles. The van der Waals surface area contributed by atoms with Gasteiger partial charge in [-0.2, -0.15) is 0 Å².